The molecule has 0 unspecified atom stereocenters. The normalized spacial score (nSPS) is 10.7. The highest BCUT2D eigenvalue weighted by Gasteiger charge is 2.05. The number of hydrogen-bond donors (Lipinski definition) is 1. The first-order valence-electron chi connectivity index (χ1n) is 6.59. The Morgan fingerprint density at radius 1 is 1.17 bits per heavy atom. The van der Waals surface area contributed by atoms with Crippen molar-refractivity contribution in [2.75, 3.05) is 12.3 Å². The summed E-state index contributed by atoms with van der Waals surface area (Å²) in [6.07, 6.45) is 6.59. The average Bonchev–Trinajstić information content (AvgIpc) is 2.41. The van der Waals surface area contributed by atoms with Gasteiger partial charge in [0.25, 0.3) is 0 Å². The number of nitrogens with two attached hydrogens (primary N) is 1. The number of aromatic nitrogens is 1. The molecule has 0 atom stereocenters. The Labute approximate surface area is 108 Å². The molecule has 1 aromatic carbocycles. The van der Waals surface area contributed by atoms with Crippen LogP contribution < -0.4 is 10.5 Å². The van der Waals surface area contributed by atoms with Gasteiger partial charge in [-0.1, -0.05) is 26.2 Å². The predicted octanol–water partition coefficient (Wildman–Crippen LogP) is 3.78. The van der Waals surface area contributed by atoms with E-state index in [2.05, 4.69) is 11.9 Å². The molecule has 0 bridgehead atoms. The largest absolute Gasteiger partial charge is 0.491 e. The van der Waals surface area contributed by atoms with Crippen LogP contribution in [-0.4, -0.2) is 11.6 Å². The van der Waals surface area contributed by atoms with Gasteiger partial charge in [-0.15, -0.1) is 0 Å². The highest BCUT2D eigenvalue weighted by molar-refractivity contribution is 5.94. The fraction of sp³-hybridized carbons (Fsp3) is 0.400. The molecular formula is C15H20N2O. The lowest BCUT2D eigenvalue weighted by Gasteiger charge is -2.09. The van der Waals surface area contributed by atoms with Gasteiger partial charge in [-0.05, 0) is 30.7 Å². The Bertz CT molecular complexity index is 511. The average molecular weight is 244 g/mol. The summed E-state index contributed by atoms with van der Waals surface area (Å²) in [7, 11) is 0. The third-order valence-electron chi connectivity index (χ3n) is 3.02. The standard InChI is InChI=1S/C15H20N2O/c1-2-3-4-5-11-18-14-9-8-13(16)12-7-6-10-17-15(12)14/h6-10H,2-5,11,16H2,1H3. The van der Waals surface area contributed by atoms with E-state index in [1.54, 1.807) is 6.20 Å². The smallest absolute Gasteiger partial charge is 0.145 e. The Hall–Kier alpha value is -1.77. The number of rotatable bonds is 6. The molecule has 96 valence electrons. The summed E-state index contributed by atoms with van der Waals surface area (Å²) in [6, 6.07) is 7.65. The van der Waals surface area contributed by atoms with Crippen LogP contribution in [0.3, 0.4) is 0 Å². The highest BCUT2D eigenvalue weighted by atomic mass is 16.5. The number of fused-ring (bicyclic) bond motifs is 1. The molecule has 18 heavy (non-hydrogen) atoms. The van der Waals surface area contributed by atoms with Crippen molar-refractivity contribution in [2.45, 2.75) is 32.6 Å². The summed E-state index contributed by atoms with van der Waals surface area (Å²) >= 11 is 0. The zero-order valence-electron chi connectivity index (χ0n) is 10.9. The number of pyridine rings is 1. The lowest BCUT2D eigenvalue weighted by Crippen LogP contribution is -1.99. The van der Waals surface area contributed by atoms with Crippen LogP contribution in [0.25, 0.3) is 10.9 Å². The molecule has 2 N–H and O–H groups in total. The Morgan fingerprint density at radius 2 is 2.06 bits per heavy atom. The van der Waals surface area contributed by atoms with Crippen LogP contribution in [-0.2, 0) is 0 Å². The minimum absolute atomic E-state index is 0.746. The van der Waals surface area contributed by atoms with Crippen molar-refractivity contribution in [3.63, 3.8) is 0 Å². The Morgan fingerprint density at radius 3 is 2.89 bits per heavy atom. The van der Waals surface area contributed by atoms with E-state index in [1.807, 2.05) is 24.3 Å². The first-order valence-corrected chi connectivity index (χ1v) is 6.59. The van der Waals surface area contributed by atoms with Crippen LogP contribution in [0.2, 0.25) is 0 Å². The van der Waals surface area contributed by atoms with Gasteiger partial charge in [-0.2, -0.15) is 0 Å². The van der Waals surface area contributed by atoms with Crippen LogP contribution in [0.15, 0.2) is 30.5 Å². The fourth-order valence-corrected chi connectivity index (χ4v) is 2.00. The van der Waals surface area contributed by atoms with Gasteiger partial charge in [0.1, 0.15) is 11.3 Å². The van der Waals surface area contributed by atoms with Gasteiger partial charge < -0.3 is 10.5 Å². The number of unbranched alkanes of at least 4 members (excludes halogenated alkanes) is 3. The molecule has 0 spiro atoms. The summed E-state index contributed by atoms with van der Waals surface area (Å²) in [6.45, 7) is 2.95. The monoisotopic (exact) mass is 244 g/mol. The topological polar surface area (TPSA) is 48.1 Å². The second kappa shape index (κ2) is 6.24. The molecule has 2 aromatic rings. The molecule has 0 saturated carbocycles. The maximum atomic E-state index is 5.92. The van der Waals surface area contributed by atoms with Crippen molar-refractivity contribution in [3.8, 4) is 5.75 Å². The zero-order valence-corrected chi connectivity index (χ0v) is 10.9. The number of benzene rings is 1. The van der Waals surface area contributed by atoms with E-state index in [0.717, 1.165) is 35.4 Å². The van der Waals surface area contributed by atoms with Crippen LogP contribution in [0.1, 0.15) is 32.6 Å². The maximum absolute atomic E-state index is 5.92. The van der Waals surface area contributed by atoms with Crippen molar-refractivity contribution in [2.24, 2.45) is 0 Å². The predicted molar refractivity (Wildman–Crippen MR) is 75.8 cm³/mol. The number of nitrogen functional groups attached to an aromatic ring is 1. The molecule has 0 amide bonds. The number of ether oxygens (including phenoxy) is 1. The summed E-state index contributed by atoms with van der Waals surface area (Å²) in [5.74, 6) is 0.830. The molecule has 0 saturated heterocycles. The van der Waals surface area contributed by atoms with Crippen LogP contribution in [0.5, 0.6) is 5.75 Å². The molecule has 0 aliphatic carbocycles. The molecule has 3 nitrogen and oxygen atoms in total. The zero-order chi connectivity index (χ0) is 12.8. The summed E-state index contributed by atoms with van der Waals surface area (Å²) in [5, 5.41) is 0.962. The van der Waals surface area contributed by atoms with E-state index in [9.17, 15) is 0 Å². The van der Waals surface area contributed by atoms with Crippen molar-refractivity contribution in [3.05, 3.63) is 30.5 Å². The summed E-state index contributed by atoms with van der Waals surface area (Å²) in [5.41, 5.74) is 7.53. The van der Waals surface area contributed by atoms with E-state index in [0.29, 0.717) is 0 Å². The van der Waals surface area contributed by atoms with Gasteiger partial charge >= 0.3 is 0 Å². The Balaban J connectivity index is 2.07. The van der Waals surface area contributed by atoms with E-state index < -0.39 is 0 Å². The number of nitrogens with zero attached hydrogens (tertiary/aromatic N) is 1. The van der Waals surface area contributed by atoms with Crippen LogP contribution in [0, 0.1) is 0 Å². The number of hydrogen-bond acceptors (Lipinski definition) is 3. The van der Waals surface area contributed by atoms with E-state index in [4.69, 9.17) is 10.5 Å². The molecule has 2 rings (SSSR count). The van der Waals surface area contributed by atoms with Crippen molar-refractivity contribution in [1.29, 1.82) is 0 Å². The van der Waals surface area contributed by atoms with Gasteiger partial charge in [0, 0.05) is 17.3 Å². The first-order chi connectivity index (χ1) is 8.83. The van der Waals surface area contributed by atoms with Crippen molar-refractivity contribution < 1.29 is 4.74 Å². The van der Waals surface area contributed by atoms with Crippen LogP contribution >= 0.6 is 0 Å². The molecule has 0 aliphatic rings. The van der Waals surface area contributed by atoms with Gasteiger partial charge in [0.2, 0.25) is 0 Å². The summed E-state index contributed by atoms with van der Waals surface area (Å²) in [4.78, 5) is 4.35. The van der Waals surface area contributed by atoms with Crippen molar-refractivity contribution >= 4 is 16.6 Å². The van der Waals surface area contributed by atoms with Gasteiger partial charge in [-0.3, -0.25) is 4.98 Å². The lowest BCUT2D eigenvalue weighted by atomic mass is 10.1. The molecular weight excluding hydrogens is 224 g/mol. The molecule has 1 aromatic heterocycles. The van der Waals surface area contributed by atoms with Gasteiger partial charge in [0.05, 0.1) is 6.61 Å². The Kier molecular flexibility index (Phi) is 4.40. The third-order valence-corrected chi connectivity index (χ3v) is 3.02. The maximum Gasteiger partial charge on any atom is 0.145 e. The molecule has 0 radical (unpaired) electrons. The SMILES string of the molecule is CCCCCCOc1ccc(N)c2cccnc12. The highest BCUT2D eigenvalue weighted by Crippen LogP contribution is 2.28. The van der Waals surface area contributed by atoms with Gasteiger partial charge in [0.15, 0.2) is 0 Å². The van der Waals surface area contributed by atoms with Gasteiger partial charge in [-0.25, -0.2) is 0 Å². The lowest BCUT2D eigenvalue weighted by molar-refractivity contribution is 0.308. The van der Waals surface area contributed by atoms with Crippen LogP contribution in [0.4, 0.5) is 5.69 Å². The van der Waals surface area contributed by atoms with Crippen molar-refractivity contribution in [1.82, 2.24) is 4.98 Å². The van der Waals surface area contributed by atoms with E-state index in [-0.39, 0.29) is 0 Å². The second-order valence-electron chi connectivity index (χ2n) is 4.46. The second-order valence-corrected chi connectivity index (χ2v) is 4.46. The van der Waals surface area contributed by atoms with E-state index >= 15 is 0 Å². The molecule has 0 aliphatic heterocycles. The summed E-state index contributed by atoms with van der Waals surface area (Å²) < 4.78 is 5.80. The molecule has 1 heterocycles. The minimum Gasteiger partial charge on any atom is -0.491 e. The first kappa shape index (κ1) is 12.7. The fourth-order valence-electron chi connectivity index (χ4n) is 2.00. The van der Waals surface area contributed by atoms with E-state index in [1.165, 1.54) is 19.3 Å². The number of anilines is 1. The third kappa shape index (κ3) is 2.92. The molecule has 3 heteroatoms. The quantitative estimate of drug-likeness (QED) is 0.621. The molecule has 0 fully saturated rings. The minimum atomic E-state index is 0.746.